The van der Waals surface area contributed by atoms with E-state index in [0.29, 0.717) is 0 Å². The molecule has 20 heavy (non-hydrogen) atoms. The molecule has 0 saturated carbocycles. The molecule has 1 aliphatic carbocycles. The zero-order valence-electron chi connectivity index (χ0n) is 11.3. The van der Waals surface area contributed by atoms with Gasteiger partial charge in [0.2, 0.25) is 0 Å². The predicted octanol–water partition coefficient (Wildman–Crippen LogP) is 4.58. The second kappa shape index (κ2) is 5.31. The highest BCUT2D eigenvalue weighted by Gasteiger charge is 2.35. The lowest BCUT2D eigenvalue weighted by atomic mass is 9.69. The van der Waals surface area contributed by atoms with E-state index in [-0.39, 0.29) is 5.41 Å². The lowest BCUT2D eigenvalue weighted by Crippen LogP contribution is -2.29. The Morgan fingerprint density at radius 3 is 2.50 bits per heavy atom. The van der Waals surface area contributed by atoms with Crippen molar-refractivity contribution < 1.29 is 0 Å². The van der Waals surface area contributed by atoms with E-state index in [1.165, 1.54) is 11.1 Å². The van der Waals surface area contributed by atoms with E-state index < -0.39 is 0 Å². The molecule has 0 aromatic heterocycles. The Morgan fingerprint density at radius 2 is 1.75 bits per heavy atom. The van der Waals surface area contributed by atoms with Crippen molar-refractivity contribution in [2.75, 3.05) is 0 Å². The van der Waals surface area contributed by atoms with E-state index in [0.717, 1.165) is 36.3 Å². The second-order valence-electron chi connectivity index (χ2n) is 5.61. The molecule has 2 heteroatoms. The van der Waals surface area contributed by atoms with Gasteiger partial charge in [0, 0.05) is 5.02 Å². The van der Waals surface area contributed by atoms with E-state index in [2.05, 4.69) is 30.3 Å². The van der Waals surface area contributed by atoms with Crippen LogP contribution < -0.4 is 0 Å². The summed E-state index contributed by atoms with van der Waals surface area (Å²) in [5.74, 6) is 0. The fourth-order valence-electron chi connectivity index (χ4n) is 3.09. The summed E-state index contributed by atoms with van der Waals surface area (Å²) in [6, 6.07) is 18.9. The first kappa shape index (κ1) is 13.2. The van der Waals surface area contributed by atoms with Gasteiger partial charge in [-0.05, 0) is 48.4 Å². The fourth-order valence-corrected chi connectivity index (χ4v) is 3.30. The minimum atomic E-state index is -0.320. The Kier molecular flexibility index (Phi) is 3.51. The molecule has 2 aromatic rings. The maximum absolute atomic E-state index is 9.73. The van der Waals surface area contributed by atoms with Gasteiger partial charge in [0.1, 0.15) is 0 Å². The Balaban J connectivity index is 1.91. The molecule has 0 heterocycles. The number of rotatable bonds is 2. The molecule has 0 fully saturated rings. The van der Waals surface area contributed by atoms with Crippen LogP contribution in [0.15, 0.2) is 48.5 Å². The van der Waals surface area contributed by atoms with Crippen LogP contribution in [0, 0.1) is 16.7 Å². The number of hydrogen-bond donors (Lipinski definition) is 0. The van der Waals surface area contributed by atoms with Gasteiger partial charge in [0.05, 0.1) is 11.5 Å². The van der Waals surface area contributed by atoms with Crippen LogP contribution in [-0.2, 0) is 19.3 Å². The largest absolute Gasteiger partial charge is 0.198 e. The van der Waals surface area contributed by atoms with E-state index in [9.17, 15) is 5.26 Å². The molecular formula is C18H16ClN. The standard InChI is InChI=1S/C18H16ClN/c19-17-8-4-3-7-16(17)12-18(13-20)10-9-14-5-1-2-6-15(14)11-18/h1-8H,9-12H2. The Hall–Kier alpha value is -1.78. The fraction of sp³-hybridized carbons (Fsp3) is 0.278. The third-order valence-corrected chi connectivity index (χ3v) is 4.61. The molecule has 0 amide bonds. The first-order valence-electron chi connectivity index (χ1n) is 6.94. The van der Waals surface area contributed by atoms with Crippen LogP contribution in [0.4, 0.5) is 0 Å². The van der Waals surface area contributed by atoms with E-state index in [4.69, 9.17) is 11.6 Å². The van der Waals surface area contributed by atoms with Gasteiger partial charge in [-0.3, -0.25) is 0 Å². The van der Waals surface area contributed by atoms with Crippen molar-refractivity contribution >= 4 is 11.6 Å². The van der Waals surface area contributed by atoms with Crippen molar-refractivity contribution in [2.24, 2.45) is 5.41 Å². The molecule has 0 radical (unpaired) electrons. The molecule has 1 aliphatic rings. The van der Waals surface area contributed by atoms with Gasteiger partial charge in [-0.15, -0.1) is 0 Å². The quantitative estimate of drug-likeness (QED) is 0.790. The molecule has 1 unspecified atom stereocenters. The van der Waals surface area contributed by atoms with Gasteiger partial charge in [0.15, 0.2) is 0 Å². The third-order valence-electron chi connectivity index (χ3n) is 4.24. The van der Waals surface area contributed by atoms with Crippen LogP contribution in [0.3, 0.4) is 0 Å². The molecule has 0 bridgehead atoms. The van der Waals surface area contributed by atoms with Gasteiger partial charge in [-0.25, -0.2) is 0 Å². The Morgan fingerprint density at radius 1 is 1.05 bits per heavy atom. The average molecular weight is 282 g/mol. The van der Waals surface area contributed by atoms with Crippen molar-refractivity contribution in [3.05, 3.63) is 70.2 Å². The second-order valence-corrected chi connectivity index (χ2v) is 6.01. The van der Waals surface area contributed by atoms with Crippen LogP contribution in [-0.4, -0.2) is 0 Å². The number of benzene rings is 2. The van der Waals surface area contributed by atoms with Crippen LogP contribution in [0.1, 0.15) is 23.1 Å². The van der Waals surface area contributed by atoms with Crippen LogP contribution in [0.2, 0.25) is 5.02 Å². The maximum atomic E-state index is 9.73. The average Bonchev–Trinajstić information content (AvgIpc) is 2.49. The molecule has 0 aliphatic heterocycles. The summed E-state index contributed by atoms with van der Waals surface area (Å²) in [5, 5.41) is 10.5. The highest BCUT2D eigenvalue weighted by molar-refractivity contribution is 6.31. The Labute approximate surface area is 124 Å². The number of hydrogen-bond acceptors (Lipinski definition) is 1. The number of nitrogens with zero attached hydrogens (tertiary/aromatic N) is 1. The molecule has 100 valence electrons. The van der Waals surface area contributed by atoms with E-state index >= 15 is 0 Å². The third kappa shape index (κ3) is 2.44. The Bertz CT molecular complexity index is 671. The van der Waals surface area contributed by atoms with Gasteiger partial charge in [0.25, 0.3) is 0 Å². The van der Waals surface area contributed by atoms with Gasteiger partial charge >= 0.3 is 0 Å². The van der Waals surface area contributed by atoms with Gasteiger partial charge < -0.3 is 0 Å². The zero-order chi connectivity index (χ0) is 14.0. The number of aryl methyl sites for hydroxylation is 1. The molecule has 0 N–H and O–H groups in total. The summed E-state index contributed by atoms with van der Waals surface area (Å²) < 4.78 is 0. The molecule has 0 saturated heterocycles. The smallest absolute Gasteiger partial charge is 0.0696 e. The van der Waals surface area contributed by atoms with Crippen LogP contribution in [0.5, 0.6) is 0 Å². The summed E-state index contributed by atoms with van der Waals surface area (Å²) >= 11 is 6.25. The highest BCUT2D eigenvalue weighted by Crippen LogP contribution is 2.39. The molecule has 0 spiro atoms. The minimum absolute atomic E-state index is 0.320. The molecule has 2 aromatic carbocycles. The lowest BCUT2D eigenvalue weighted by molar-refractivity contribution is 0.339. The number of halogens is 1. The number of nitriles is 1. The summed E-state index contributed by atoms with van der Waals surface area (Å²) in [5.41, 5.74) is 3.46. The highest BCUT2D eigenvalue weighted by atomic mass is 35.5. The van der Waals surface area contributed by atoms with E-state index in [1.54, 1.807) is 0 Å². The van der Waals surface area contributed by atoms with Crippen molar-refractivity contribution in [3.8, 4) is 6.07 Å². The summed E-state index contributed by atoms with van der Waals surface area (Å²) in [7, 11) is 0. The minimum Gasteiger partial charge on any atom is -0.198 e. The van der Waals surface area contributed by atoms with E-state index in [1.807, 2.05) is 24.3 Å². The van der Waals surface area contributed by atoms with Crippen LogP contribution >= 0.6 is 11.6 Å². The summed E-state index contributed by atoms with van der Waals surface area (Å²) in [6.07, 6.45) is 3.45. The first-order valence-corrected chi connectivity index (χ1v) is 7.32. The number of fused-ring (bicyclic) bond motifs is 1. The predicted molar refractivity (Wildman–Crippen MR) is 81.7 cm³/mol. The van der Waals surface area contributed by atoms with Crippen molar-refractivity contribution in [1.82, 2.24) is 0 Å². The van der Waals surface area contributed by atoms with Crippen LogP contribution in [0.25, 0.3) is 0 Å². The van der Waals surface area contributed by atoms with Crippen molar-refractivity contribution in [2.45, 2.75) is 25.7 Å². The van der Waals surface area contributed by atoms with Crippen molar-refractivity contribution in [3.63, 3.8) is 0 Å². The normalized spacial score (nSPS) is 21.0. The monoisotopic (exact) mass is 281 g/mol. The zero-order valence-corrected chi connectivity index (χ0v) is 12.0. The molecule has 1 atom stereocenters. The topological polar surface area (TPSA) is 23.8 Å². The molecule has 1 nitrogen and oxygen atoms in total. The molecular weight excluding hydrogens is 266 g/mol. The van der Waals surface area contributed by atoms with Crippen molar-refractivity contribution in [1.29, 1.82) is 5.26 Å². The SMILES string of the molecule is N#CC1(Cc2ccccc2Cl)CCc2ccccc2C1. The summed E-state index contributed by atoms with van der Waals surface area (Å²) in [6.45, 7) is 0. The first-order chi connectivity index (χ1) is 9.72. The van der Waals surface area contributed by atoms with Gasteiger partial charge in [-0.2, -0.15) is 5.26 Å². The van der Waals surface area contributed by atoms with Gasteiger partial charge in [-0.1, -0.05) is 54.1 Å². The lowest BCUT2D eigenvalue weighted by Gasteiger charge is -2.32. The maximum Gasteiger partial charge on any atom is 0.0696 e. The summed E-state index contributed by atoms with van der Waals surface area (Å²) in [4.78, 5) is 0. The molecule has 3 rings (SSSR count).